The largest absolute Gasteiger partial charge is 0.497 e. The summed E-state index contributed by atoms with van der Waals surface area (Å²) in [7, 11) is 1.65. The van der Waals surface area contributed by atoms with Crippen LogP contribution in [-0.4, -0.2) is 26.8 Å². The molecule has 4 heteroatoms. The SMILES string of the molecule is COc1ccc(OCCNCCc2ccc(N)cc2)cc1. The lowest BCUT2D eigenvalue weighted by Gasteiger charge is -2.08. The van der Waals surface area contributed by atoms with Crippen molar-refractivity contribution in [2.75, 3.05) is 32.5 Å². The molecule has 0 spiro atoms. The van der Waals surface area contributed by atoms with Gasteiger partial charge in [0.15, 0.2) is 0 Å². The Labute approximate surface area is 125 Å². The molecule has 2 aromatic rings. The van der Waals surface area contributed by atoms with Crippen molar-refractivity contribution < 1.29 is 9.47 Å². The minimum absolute atomic E-state index is 0.647. The van der Waals surface area contributed by atoms with E-state index in [1.165, 1.54) is 5.56 Å². The summed E-state index contributed by atoms with van der Waals surface area (Å²) < 4.78 is 10.7. The Morgan fingerprint density at radius 3 is 2.24 bits per heavy atom. The molecule has 0 fully saturated rings. The molecule has 0 aliphatic heterocycles. The van der Waals surface area contributed by atoms with E-state index in [1.54, 1.807) is 7.11 Å². The topological polar surface area (TPSA) is 56.5 Å². The summed E-state index contributed by atoms with van der Waals surface area (Å²) in [4.78, 5) is 0. The number of benzene rings is 2. The third-order valence-corrected chi connectivity index (χ3v) is 3.18. The predicted octanol–water partition coefficient (Wildman–Crippen LogP) is 2.49. The zero-order valence-corrected chi connectivity index (χ0v) is 12.3. The first kappa shape index (κ1) is 15.2. The molecule has 0 radical (unpaired) electrons. The molecule has 4 nitrogen and oxygen atoms in total. The highest BCUT2D eigenvalue weighted by atomic mass is 16.5. The van der Waals surface area contributed by atoms with Gasteiger partial charge in [0.25, 0.3) is 0 Å². The van der Waals surface area contributed by atoms with E-state index in [0.717, 1.165) is 36.7 Å². The standard InChI is InChI=1S/C17H22N2O2/c1-20-16-6-8-17(9-7-16)21-13-12-19-11-10-14-2-4-15(18)5-3-14/h2-9,19H,10-13,18H2,1H3. The number of anilines is 1. The van der Waals surface area contributed by atoms with E-state index in [9.17, 15) is 0 Å². The molecule has 3 N–H and O–H groups in total. The number of nitrogen functional groups attached to an aromatic ring is 1. The summed E-state index contributed by atoms with van der Waals surface area (Å²) in [5.74, 6) is 1.69. The van der Waals surface area contributed by atoms with Gasteiger partial charge in [-0.25, -0.2) is 0 Å². The monoisotopic (exact) mass is 286 g/mol. The first-order chi connectivity index (χ1) is 10.3. The van der Waals surface area contributed by atoms with E-state index in [4.69, 9.17) is 15.2 Å². The molecular formula is C17H22N2O2. The Balaban J connectivity index is 1.58. The van der Waals surface area contributed by atoms with Crippen LogP contribution in [0.3, 0.4) is 0 Å². The molecule has 0 saturated carbocycles. The number of nitrogens with one attached hydrogen (secondary N) is 1. The second kappa shape index (κ2) is 8.17. The molecule has 0 unspecified atom stereocenters. The number of methoxy groups -OCH3 is 1. The molecule has 0 amide bonds. The van der Waals surface area contributed by atoms with E-state index in [-0.39, 0.29) is 0 Å². The average molecular weight is 286 g/mol. The van der Waals surface area contributed by atoms with Gasteiger partial charge in [-0.3, -0.25) is 0 Å². The third kappa shape index (κ3) is 5.36. The molecule has 0 aromatic heterocycles. The molecule has 0 aliphatic rings. The van der Waals surface area contributed by atoms with Gasteiger partial charge < -0.3 is 20.5 Å². The van der Waals surface area contributed by atoms with E-state index in [1.807, 2.05) is 36.4 Å². The lowest BCUT2D eigenvalue weighted by Crippen LogP contribution is -2.23. The number of hydrogen-bond acceptors (Lipinski definition) is 4. The van der Waals surface area contributed by atoms with Crippen LogP contribution in [0.15, 0.2) is 48.5 Å². The lowest BCUT2D eigenvalue weighted by molar-refractivity contribution is 0.313. The Hall–Kier alpha value is -2.20. The zero-order valence-electron chi connectivity index (χ0n) is 12.3. The molecule has 0 heterocycles. The third-order valence-electron chi connectivity index (χ3n) is 3.18. The molecular weight excluding hydrogens is 264 g/mol. The second-order valence-electron chi connectivity index (χ2n) is 4.77. The molecule has 21 heavy (non-hydrogen) atoms. The lowest BCUT2D eigenvalue weighted by atomic mass is 10.1. The van der Waals surface area contributed by atoms with E-state index in [2.05, 4.69) is 17.4 Å². The maximum atomic E-state index is 5.65. The van der Waals surface area contributed by atoms with Crippen molar-refractivity contribution in [3.05, 3.63) is 54.1 Å². The van der Waals surface area contributed by atoms with Crippen molar-refractivity contribution >= 4 is 5.69 Å². The Bertz CT molecular complexity index is 523. The van der Waals surface area contributed by atoms with Crippen molar-refractivity contribution in [2.45, 2.75) is 6.42 Å². The van der Waals surface area contributed by atoms with Gasteiger partial charge in [0.1, 0.15) is 18.1 Å². The number of rotatable bonds is 8. The quantitative estimate of drug-likeness (QED) is 0.578. The number of hydrogen-bond donors (Lipinski definition) is 2. The first-order valence-corrected chi connectivity index (χ1v) is 7.10. The second-order valence-corrected chi connectivity index (χ2v) is 4.77. The van der Waals surface area contributed by atoms with Crippen LogP contribution < -0.4 is 20.5 Å². The van der Waals surface area contributed by atoms with Gasteiger partial charge in [-0.05, 0) is 54.9 Å². The van der Waals surface area contributed by atoms with Crippen LogP contribution >= 0.6 is 0 Å². The van der Waals surface area contributed by atoms with Crippen molar-refractivity contribution in [1.29, 1.82) is 0 Å². The summed E-state index contributed by atoms with van der Waals surface area (Å²) in [6, 6.07) is 15.6. The van der Waals surface area contributed by atoms with Gasteiger partial charge in [-0.15, -0.1) is 0 Å². The van der Waals surface area contributed by atoms with Crippen LogP contribution in [0.1, 0.15) is 5.56 Å². The van der Waals surface area contributed by atoms with Gasteiger partial charge in [0, 0.05) is 12.2 Å². The molecule has 0 saturated heterocycles. The Kier molecular flexibility index (Phi) is 5.91. The summed E-state index contributed by atoms with van der Waals surface area (Å²) in [6.45, 7) is 2.39. The van der Waals surface area contributed by atoms with Crippen LogP contribution in [0.25, 0.3) is 0 Å². The van der Waals surface area contributed by atoms with Crippen molar-refractivity contribution in [3.8, 4) is 11.5 Å². The number of nitrogens with two attached hydrogens (primary N) is 1. The first-order valence-electron chi connectivity index (χ1n) is 7.10. The van der Waals surface area contributed by atoms with Crippen molar-refractivity contribution in [3.63, 3.8) is 0 Å². The van der Waals surface area contributed by atoms with Gasteiger partial charge in [0.2, 0.25) is 0 Å². The van der Waals surface area contributed by atoms with Crippen LogP contribution in [0, 0.1) is 0 Å². The molecule has 2 rings (SSSR count). The smallest absolute Gasteiger partial charge is 0.119 e. The minimum atomic E-state index is 0.647. The van der Waals surface area contributed by atoms with Crippen LogP contribution in [0.2, 0.25) is 0 Å². The molecule has 0 bridgehead atoms. The Morgan fingerprint density at radius 1 is 0.905 bits per heavy atom. The summed E-state index contributed by atoms with van der Waals surface area (Å²) in [5, 5.41) is 3.36. The fourth-order valence-corrected chi connectivity index (χ4v) is 1.96. The summed E-state index contributed by atoms with van der Waals surface area (Å²) in [5.41, 5.74) is 7.74. The average Bonchev–Trinajstić information content (AvgIpc) is 2.53. The zero-order chi connectivity index (χ0) is 14.9. The van der Waals surface area contributed by atoms with Crippen molar-refractivity contribution in [2.24, 2.45) is 0 Å². The highest BCUT2D eigenvalue weighted by molar-refractivity contribution is 5.39. The van der Waals surface area contributed by atoms with Crippen LogP contribution in [0.4, 0.5) is 5.69 Å². The fraction of sp³-hybridized carbons (Fsp3) is 0.294. The normalized spacial score (nSPS) is 10.3. The van der Waals surface area contributed by atoms with E-state index in [0.29, 0.717) is 6.61 Å². The van der Waals surface area contributed by atoms with E-state index >= 15 is 0 Å². The molecule has 2 aromatic carbocycles. The van der Waals surface area contributed by atoms with Gasteiger partial charge in [0.05, 0.1) is 7.11 Å². The molecule has 112 valence electrons. The number of ether oxygens (including phenoxy) is 2. The predicted molar refractivity (Wildman–Crippen MR) is 85.9 cm³/mol. The highest BCUT2D eigenvalue weighted by Gasteiger charge is 1.96. The molecule has 0 atom stereocenters. The maximum Gasteiger partial charge on any atom is 0.119 e. The maximum absolute atomic E-state index is 5.65. The van der Waals surface area contributed by atoms with Gasteiger partial charge in [-0.2, -0.15) is 0 Å². The molecule has 0 aliphatic carbocycles. The van der Waals surface area contributed by atoms with Crippen molar-refractivity contribution in [1.82, 2.24) is 5.32 Å². The Morgan fingerprint density at radius 2 is 1.57 bits per heavy atom. The van der Waals surface area contributed by atoms with E-state index < -0.39 is 0 Å². The minimum Gasteiger partial charge on any atom is -0.497 e. The summed E-state index contributed by atoms with van der Waals surface area (Å²) in [6.07, 6.45) is 0.989. The van der Waals surface area contributed by atoms with Crippen LogP contribution in [0.5, 0.6) is 11.5 Å². The summed E-state index contributed by atoms with van der Waals surface area (Å²) >= 11 is 0. The van der Waals surface area contributed by atoms with Crippen LogP contribution in [-0.2, 0) is 6.42 Å². The highest BCUT2D eigenvalue weighted by Crippen LogP contribution is 2.16. The van der Waals surface area contributed by atoms with Gasteiger partial charge in [-0.1, -0.05) is 12.1 Å². The van der Waals surface area contributed by atoms with Gasteiger partial charge >= 0.3 is 0 Å². The fourth-order valence-electron chi connectivity index (χ4n) is 1.96.